The summed E-state index contributed by atoms with van der Waals surface area (Å²) in [7, 11) is 0. The molecule has 2 aromatic rings. The first-order chi connectivity index (χ1) is 14.2. The molecule has 0 aliphatic carbocycles. The molecule has 0 radical (unpaired) electrons. The van der Waals surface area contributed by atoms with Gasteiger partial charge in [-0.3, -0.25) is 9.59 Å². The van der Waals surface area contributed by atoms with Crippen molar-refractivity contribution in [2.75, 3.05) is 0 Å². The Balaban J connectivity index is 1.68. The molecule has 1 aliphatic heterocycles. The van der Waals surface area contributed by atoms with E-state index in [4.69, 9.17) is 0 Å². The lowest BCUT2D eigenvalue weighted by Gasteiger charge is -2.11. The van der Waals surface area contributed by atoms with Crippen LogP contribution in [0.25, 0.3) is 0 Å². The minimum absolute atomic E-state index is 0.105. The van der Waals surface area contributed by atoms with Gasteiger partial charge in [0, 0.05) is 24.2 Å². The number of hydrogen-bond acceptors (Lipinski definition) is 4. The average molecular weight is 413 g/mol. The van der Waals surface area contributed by atoms with Gasteiger partial charge < -0.3 is 5.32 Å². The molecule has 0 fully saturated rings. The molecule has 0 bridgehead atoms. The van der Waals surface area contributed by atoms with E-state index < -0.39 is 17.5 Å². The topological polar surface area (TPSA) is 88.7 Å². The lowest BCUT2D eigenvalue weighted by atomic mass is 10.1. The highest BCUT2D eigenvalue weighted by atomic mass is 19.1. The second-order valence-corrected chi connectivity index (χ2v) is 6.93. The zero-order chi connectivity index (χ0) is 22.0. The third kappa shape index (κ3) is 4.24. The number of carbonyl (C=O) groups excluding carboxylic acids is 2. The van der Waals surface area contributed by atoms with E-state index in [1.807, 2.05) is 0 Å². The van der Waals surface area contributed by atoms with Crippen molar-refractivity contribution in [1.82, 2.24) is 15.1 Å². The van der Waals surface area contributed by atoms with E-state index in [1.165, 1.54) is 10.7 Å². The first-order valence-corrected chi connectivity index (χ1v) is 9.31. The Hall–Kier alpha value is -3.49. The largest absolute Gasteiger partial charge is 0.352 e. The molecule has 1 aromatic heterocycles. The van der Waals surface area contributed by atoms with E-state index in [1.54, 1.807) is 20.8 Å². The van der Waals surface area contributed by atoms with E-state index >= 15 is 0 Å². The molecule has 0 spiro atoms. The van der Waals surface area contributed by atoms with Crippen LogP contribution in [0.4, 0.5) is 8.78 Å². The number of nitrogens with one attached hydrogen (secondary N) is 1. The quantitative estimate of drug-likeness (QED) is 0.765. The molecule has 2 amide bonds. The predicted molar refractivity (Wildman–Crippen MR) is 108 cm³/mol. The first kappa shape index (κ1) is 21.2. The maximum absolute atomic E-state index is 13.7. The summed E-state index contributed by atoms with van der Waals surface area (Å²) in [5.41, 5.74) is 2.72. The van der Waals surface area contributed by atoms with E-state index in [-0.39, 0.29) is 36.0 Å². The third-order valence-corrected chi connectivity index (χ3v) is 4.92. The fraction of sp³-hybridized carbons (Fsp3) is 0.286. The van der Waals surface area contributed by atoms with Gasteiger partial charge in [-0.05, 0) is 44.9 Å². The molecule has 1 aliphatic rings. The first-order valence-electron chi connectivity index (χ1n) is 9.31. The van der Waals surface area contributed by atoms with E-state index in [0.717, 1.165) is 17.7 Å². The maximum Gasteiger partial charge on any atom is 0.281 e. The highest BCUT2D eigenvalue weighted by Gasteiger charge is 2.22. The number of aliphatic imine (C=N–C) groups is 2. The third-order valence-electron chi connectivity index (χ3n) is 4.92. The SMILES string of the molecule is C=C1C(=O)N=C(n2nc(C)c(CCC(=O)NCc3c(F)cccc3F)c2C)N=C1C. The van der Waals surface area contributed by atoms with Crippen LogP contribution in [0, 0.1) is 25.5 Å². The van der Waals surface area contributed by atoms with Crippen LogP contribution in [0.3, 0.4) is 0 Å². The summed E-state index contributed by atoms with van der Waals surface area (Å²) >= 11 is 0. The molecular weight excluding hydrogens is 392 g/mol. The summed E-state index contributed by atoms with van der Waals surface area (Å²) in [4.78, 5) is 32.3. The van der Waals surface area contributed by atoms with Gasteiger partial charge in [-0.1, -0.05) is 12.6 Å². The minimum atomic E-state index is -0.704. The standard InChI is InChI=1S/C21H21F2N5O2/c1-11-12(2)25-21(26-20(11)30)28-14(4)15(13(3)27-28)8-9-19(29)24-10-16-17(22)6-5-7-18(16)23/h5-7H,1,8-10H2,2-4H3,(H,24,29). The molecule has 0 atom stereocenters. The van der Waals surface area contributed by atoms with Gasteiger partial charge in [0.1, 0.15) is 11.6 Å². The smallest absolute Gasteiger partial charge is 0.281 e. The predicted octanol–water partition coefficient (Wildman–Crippen LogP) is 2.79. The Labute approximate surface area is 172 Å². The van der Waals surface area contributed by atoms with Gasteiger partial charge in [0.05, 0.1) is 17.0 Å². The monoisotopic (exact) mass is 413 g/mol. The minimum Gasteiger partial charge on any atom is -0.352 e. The van der Waals surface area contributed by atoms with Crippen molar-refractivity contribution in [1.29, 1.82) is 0 Å². The number of aromatic nitrogens is 2. The van der Waals surface area contributed by atoms with Crippen LogP contribution in [0.5, 0.6) is 0 Å². The Kier molecular flexibility index (Phi) is 6.00. The van der Waals surface area contributed by atoms with Gasteiger partial charge in [0.15, 0.2) is 0 Å². The van der Waals surface area contributed by atoms with Gasteiger partial charge in [-0.15, -0.1) is 0 Å². The zero-order valence-corrected chi connectivity index (χ0v) is 16.9. The molecule has 3 rings (SSSR count). The van der Waals surface area contributed by atoms with Gasteiger partial charge in [0.2, 0.25) is 5.91 Å². The molecule has 30 heavy (non-hydrogen) atoms. The van der Waals surface area contributed by atoms with Gasteiger partial charge in [0.25, 0.3) is 11.9 Å². The molecule has 9 heteroatoms. The van der Waals surface area contributed by atoms with Crippen LogP contribution in [0.15, 0.2) is 40.3 Å². The van der Waals surface area contributed by atoms with Crippen molar-refractivity contribution in [2.24, 2.45) is 9.98 Å². The van der Waals surface area contributed by atoms with E-state index in [2.05, 4.69) is 27.0 Å². The molecule has 0 saturated carbocycles. The number of benzene rings is 1. The Morgan fingerprint density at radius 2 is 1.80 bits per heavy atom. The molecule has 0 saturated heterocycles. The molecule has 0 unspecified atom stereocenters. The van der Waals surface area contributed by atoms with E-state index in [9.17, 15) is 18.4 Å². The Morgan fingerprint density at radius 3 is 2.43 bits per heavy atom. The fourth-order valence-electron chi connectivity index (χ4n) is 3.10. The van der Waals surface area contributed by atoms with Crippen LogP contribution < -0.4 is 5.32 Å². The molecule has 1 N–H and O–H groups in total. The molecule has 2 heterocycles. The number of carbonyl (C=O) groups is 2. The number of halogens is 2. The molecular formula is C21H21F2N5O2. The number of nitrogens with zero attached hydrogens (tertiary/aromatic N) is 4. The fourth-order valence-corrected chi connectivity index (χ4v) is 3.10. The second kappa shape index (κ2) is 8.48. The number of aryl methyl sites for hydroxylation is 1. The number of amides is 2. The normalized spacial score (nSPS) is 13.9. The highest BCUT2D eigenvalue weighted by Crippen LogP contribution is 2.18. The molecule has 1 aromatic carbocycles. The van der Waals surface area contributed by atoms with Crippen LogP contribution in [-0.2, 0) is 22.6 Å². The van der Waals surface area contributed by atoms with Crippen molar-refractivity contribution >= 4 is 23.5 Å². The maximum atomic E-state index is 13.7. The number of rotatable bonds is 5. The summed E-state index contributed by atoms with van der Waals surface area (Å²) in [6, 6.07) is 3.55. The summed E-state index contributed by atoms with van der Waals surface area (Å²) in [5.74, 6) is -2.07. The van der Waals surface area contributed by atoms with E-state index in [0.29, 0.717) is 23.5 Å². The van der Waals surface area contributed by atoms with Crippen molar-refractivity contribution < 1.29 is 18.4 Å². The van der Waals surface area contributed by atoms with Crippen LogP contribution >= 0.6 is 0 Å². The summed E-state index contributed by atoms with van der Waals surface area (Å²) in [6.07, 6.45) is 0.466. The number of hydrogen-bond donors (Lipinski definition) is 1. The summed E-state index contributed by atoms with van der Waals surface area (Å²) in [6.45, 7) is 8.66. The van der Waals surface area contributed by atoms with Gasteiger partial charge >= 0.3 is 0 Å². The van der Waals surface area contributed by atoms with Crippen molar-refractivity contribution in [2.45, 2.75) is 40.2 Å². The Morgan fingerprint density at radius 1 is 1.13 bits per heavy atom. The average Bonchev–Trinajstić information content (AvgIpc) is 2.97. The van der Waals surface area contributed by atoms with Crippen LogP contribution in [0.2, 0.25) is 0 Å². The lowest BCUT2D eigenvalue weighted by molar-refractivity contribution is -0.121. The molecule has 7 nitrogen and oxygen atoms in total. The molecule has 156 valence electrons. The lowest BCUT2D eigenvalue weighted by Crippen LogP contribution is -2.24. The van der Waals surface area contributed by atoms with Crippen LogP contribution in [-0.4, -0.2) is 33.3 Å². The van der Waals surface area contributed by atoms with Gasteiger partial charge in [-0.25, -0.2) is 18.5 Å². The van der Waals surface area contributed by atoms with Gasteiger partial charge in [-0.2, -0.15) is 10.1 Å². The zero-order valence-electron chi connectivity index (χ0n) is 16.9. The summed E-state index contributed by atoms with van der Waals surface area (Å²) < 4.78 is 28.8. The van der Waals surface area contributed by atoms with Crippen molar-refractivity contribution in [3.05, 3.63) is 64.5 Å². The van der Waals surface area contributed by atoms with Crippen molar-refractivity contribution in [3.8, 4) is 0 Å². The second-order valence-electron chi connectivity index (χ2n) is 6.93. The Bertz CT molecular complexity index is 1090. The summed E-state index contributed by atoms with van der Waals surface area (Å²) in [5, 5.41) is 6.92. The van der Waals surface area contributed by atoms with Crippen molar-refractivity contribution in [3.63, 3.8) is 0 Å². The van der Waals surface area contributed by atoms with Crippen LogP contribution in [0.1, 0.15) is 35.9 Å². The highest BCUT2D eigenvalue weighted by molar-refractivity contribution is 6.27.